The molecule has 1 fully saturated rings. The number of hydrogen-bond acceptors (Lipinski definition) is 2. The molecule has 0 aromatic heterocycles. The van der Waals surface area contributed by atoms with E-state index in [2.05, 4.69) is 0 Å². The van der Waals surface area contributed by atoms with E-state index in [1.54, 1.807) is 0 Å². The first-order chi connectivity index (χ1) is 5.04. The van der Waals surface area contributed by atoms with Crippen molar-refractivity contribution in [2.75, 3.05) is 0 Å². The van der Waals surface area contributed by atoms with Gasteiger partial charge in [-0.25, -0.2) is 0 Å². The van der Waals surface area contributed by atoms with Gasteiger partial charge in [0.25, 0.3) is 0 Å². The largest absolute Gasteiger partial charge is 0.481 e. The molecule has 0 aromatic rings. The predicted molar refractivity (Wildman–Crippen MR) is 42.2 cm³/mol. The zero-order chi connectivity index (χ0) is 8.48. The van der Waals surface area contributed by atoms with Gasteiger partial charge < -0.3 is 10.8 Å². The molecule has 0 spiro atoms. The highest BCUT2D eigenvalue weighted by atomic mass is 16.4. The SMILES string of the molecule is C[C@]1(N)CCCC[C@@H]1C(=O)O. The second kappa shape index (κ2) is 2.81. The second-order valence-electron chi connectivity index (χ2n) is 3.64. The van der Waals surface area contributed by atoms with Crippen LogP contribution in [0.15, 0.2) is 0 Å². The molecule has 0 bridgehead atoms. The van der Waals surface area contributed by atoms with E-state index in [0.29, 0.717) is 0 Å². The van der Waals surface area contributed by atoms with Gasteiger partial charge in [0.05, 0.1) is 5.92 Å². The van der Waals surface area contributed by atoms with Gasteiger partial charge in [0.2, 0.25) is 0 Å². The molecule has 1 aliphatic carbocycles. The van der Waals surface area contributed by atoms with E-state index < -0.39 is 11.5 Å². The Morgan fingerprint density at radius 3 is 2.64 bits per heavy atom. The van der Waals surface area contributed by atoms with Crippen molar-refractivity contribution in [2.45, 2.75) is 38.1 Å². The lowest BCUT2D eigenvalue weighted by molar-refractivity contribution is -0.145. The third-order valence-corrected chi connectivity index (χ3v) is 2.55. The second-order valence-corrected chi connectivity index (χ2v) is 3.64. The summed E-state index contributed by atoms with van der Waals surface area (Å²) in [6, 6.07) is 0. The minimum atomic E-state index is -0.741. The normalized spacial score (nSPS) is 38.5. The van der Waals surface area contributed by atoms with Crippen molar-refractivity contribution in [3.05, 3.63) is 0 Å². The summed E-state index contributed by atoms with van der Waals surface area (Å²) in [5.41, 5.74) is 5.36. The highest BCUT2D eigenvalue weighted by molar-refractivity contribution is 5.71. The fourth-order valence-electron chi connectivity index (χ4n) is 1.76. The van der Waals surface area contributed by atoms with E-state index >= 15 is 0 Å². The van der Waals surface area contributed by atoms with Crippen LogP contribution in [0.1, 0.15) is 32.6 Å². The van der Waals surface area contributed by atoms with E-state index in [0.717, 1.165) is 25.7 Å². The Balaban J connectivity index is 2.67. The monoisotopic (exact) mass is 157 g/mol. The van der Waals surface area contributed by atoms with Crippen LogP contribution < -0.4 is 5.73 Å². The lowest BCUT2D eigenvalue weighted by atomic mass is 9.75. The van der Waals surface area contributed by atoms with Crippen molar-refractivity contribution in [1.29, 1.82) is 0 Å². The molecule has 0 amide bonds. The first-order valence-corrected chi connectivity index (χ1v) is 4.06. The van der Waals surface area contributed by atoms with E-state index in [1.165, 1.54) is 0 Å². The number of carbonyl (C=O) groups is 1. The molecule has 0 heterocycles. The molecule has 2 atom stereocenters. The maximum Gasteiger partial charge on any atom is 0.308 e. The molecule has 1 rings (SSSR count). The van der Waals surface area contributed by atoms with Crippen molar-refractivity contribution in [3.63, 3.8) is 0 Å². The molecular weight excluding hydrogens is 142 g/mol. The summed E-state index contributed by atoms with van der Waals surface area (Å²) in [4.78, 5) is 10.7. The van der Waals surface area contributed by atoms with Crippen molar-refractivity contribution in [1.82, 2.24) is 0 Å². The number of nitrogens with two attached hydrogens (primary N) is 1. The molecule has 0 saturated heterocycles. The average Bonchev–Trinajstić information content (AvgIpc) is 1.85. The minimum Gasteiger partial charge on any atom is -0.481 e. The van der Waals surface area contributed by atoms with Crippen LogP contribution in [0.5, 0.6) is 0 Å². The maximum absolute atomic E-state index is 10.7. The topological polar surface area (TPSA) is 63.3 Å². The molecule has 0 aliphatic heterocycles. The maximum atomic E-state index is 10.7. The van der Waals surface area contributed by atoms with Gasteiger partial charge in [-0.05, 0) is 19.8 Å². The van der Waals surface area contributed by atoms with Gasteiger partial charge in [-0.3, -0.25) is 4.79 Å². The van der Waals surface area contributed by atoms with E-state index in [1.807, 2.05) is 6.92 Å². The predicted octanol–water partition coefficient (Wildman–Crippen LogP) is 0.979. The fourth-order valence-corrected chi connectivity index (χ4v) is 1.76. The van der Waals surface area contributed by atoms with Crippen LogP contribution in [0, 0.1) is 5.92 Å². The van der Waals surface area contributed by atoms with Gasteiger partial charge in [-0.15, -0.1) is 0 Å². The van der Waals surface area contributed by atoms with Crippen molar-refractivity contribution in [3.8, 4) is 0 Å². The zero-order valence-corrected chi connectivity index (χ0v) is 6.84. The molecule has 1 saturated carbocycles. The van der Waals surface area contributed by atoms with E-state index in [-0.39, 0.29) is 5.92 Å². The van der Waals surface area contributed by atoms with Gasteiger partial charge in [-0.1, -0.05) is 12.8 Å². The highest BCUT2D eigenvalue weighted by Gasteiger charge is 2.37. The number of hydrogen-bond donors (Lipinski definition) is 2. The Morgan fingerprint density at radius 1 is 1.64 bits per heavy atom. The standard InChI is InChI=1S/C8H15NO2/c1-8(9)5-3-2-4-6(8)7(10)11/h6H,2-5,9H2,1H3,(H,10,11)/t6-,8+/m1/s1. The minimum absolute atomic E-state index is 0.337. The van der Waals surface area contributed by atoms with Gasteiger partial charge in [0, 0.05) is 5.54 Å². The molecule has 3 nitrogen and oxygen atoms in total. The molecule has 3 heteroatoms. The molecule has 0 unspecified atom stereocenters. The van der Waals surface area contributed by atoms with Gasteiger partial charge >= 0.3 is 5.97 Å². The molecule has 0 aromatic carbocycles. The number of carboxylic acids is 1. The molecular formula is C8H15NO2. The third kappa shape index (κ3) is 1.71. The number of rotatable bonds is 1. The highest BCUT2D eigenvalue weighted by Crippen LogP contribution is 2.31. The summed E-state index contributed by atoms with van der Waals surface area (Å²) in [5.74, 6) is -1.08. The summed E-state index contributed by atoms with van der Waals surface area (Å²) in [5, 5.41) is 8.79. The molecule has 64 valence electrons. The van der Waals surface area contributed by atoms with Crippen LogP contribution in [-0.2, 0) is 4.79 Å². The lowest BCUT2D eigenvalue weighted by Crippen LogP contribution is -2.49. The zero-order valence-electron chi connectivity index (χ0n) is 6.84. The molecule has 3 N–H and O–H groups in total. The summed E-state index contributed by atoms with van der Waals surface area (Å²) in [7, 11) is 0. The fraction of sp³-hybridized carbons (Fsp3) is 0.875. The Kier molecular flexibility index (Phi) is 2.18. The Labute approximate surface area is 66.6 Å². The summed E-state index contributed by atoms with van der Waals surface area (Å²) in [6.07, 6.45) is 3.65. The average molecular weight is 157 g/mol. The molecule has 11 heavy (non-hydrogen) atoms. The summed E-state index contributed by atoms with van der Waals surface area (Å²) in [6.45, 7) is 1.84. The van der Waals surface area contributed by atoms with Crippen LogP contribution in [0.4, 0.5) is 0 Å². The van der Waals surface area contributed by atoms with Crippen LogP contribution in [0.25, 0.3) is 0 Å². The van der Waals surface area contributed by atoms with E-state index in [4.69, 9.17) is 10.8 Å². The lowest BCUT2D eigenvalue weighted by Gasteiger charge is -2.35. The number of carboxylic acid groups (broad SMARTS) is 1. The Morgan fingerprint density at radius 2 is 2.27 bits per heavy atom. The third-order valence-electron chi connectivity index (χ3n) is 2.55. The molecule has 0 radical (unpaired) electrons. The Hall–Kier alpha value is -0.570. The van der Waals surface area contributed by atoms with E-state index in [9.17, 15) is 4.79 Å². The quantitative estimate of drug-likeness (QED) is 0.596. The first-order valence-electron chi connectivity index (χ1n) is 4.06. The van der Waals surface area contributed by atoms with Crippen LogP contribution >= 0.6 is 0 Å². The van der Waals surface area contributed by atoms with Crippen molar-refractivity contribution < 1.29 is 9.90 Å². The number of aliphatic carboxylic acids is 1. The van der Waals surface area contributed by atoms with Gasteiger partial charge in [0.1, 0.15) is 0 Å². The molecule has 1 aliphatic rings. The van der Waals surface area contributed by atoms with Crippen LogP contribution in [-0.4, -0.2) is 16.6 Å². The van der Waals surface area contributed by atoms with Crippen LogP contribution in [0.3, 0.4) is 0 Å². The van der Waals surface area contributed by atoms with Crippen molar-refractivity contribution in [2.24, 2.45) is 11.7 Å². The van der Waals surface area contributed by atoms with Gasteiger partial charge in [0.15, 0.2) is 0 Å². The van der Waals surface area contributed by atoms with Crippen molar-refractivity contribution >= 4 is 5.97 Å². The van der Waals surface area contributed by atoms with Gasteiger partial charge in [-0.2, -0.15) is 0 Å². The first kappa shape index (κ1) is 8.53. The van der Waals surface area contributed by atoms with Crippen LogP contribution in [0.2, 0.25) is 0 Å². The smallest absolute Gasteiger partial charge is 0.308 e. The Bertz CT molecular complexity index is 165. The summed E-state index contributed by atoms with van der Waals surface area (Å²) < 4.78 is 0. The summed E-state index contributed by atoms with van der Waals surface area (Å²) >= 11 is 0.